The van der Waals surface area contributed by atoms with Gasteiger partial charge in [-0.2, -0.15) is 4.31 Å². The van der Waals surface area contributed by atoms with Gasteiger partial charge >= 0.3 is 0 Å². The minimum absolute atomic E-state index is 0.0856. The Hall–Kier alpha value is -0.433. The van der Waals surface area contributed by atoms with E-state index in [1.165, 1.54) is 0 Å². The van der Waals surface area contributed by atoms with Crippen LogP contribution in [0.1, 0.15) is 61.8 Å². The molecule has 28 heavy (non-hydrogen) atoms. The SMILES string of the molecule is CC(C)[C@@H]1/C=C\C/C=C\CN(S(=O)(=O)C(C)(C)C)[C@@H]1CO[Si](C)(C)C(C)(C)C. The van der Waals surface area contributed by atoms with E-state index in [4.69, 9.17) is 4.43 Å². The van der Waals surface area contributed by atoms with Crippen LogP contribution in [-0.4, -0.2) is 45.0 Å². The Labute approximate surface area is 175 Å². The van der Waals surface area contributed by atoms with Gasteiger partial charge in [0.15, 0.2) is 8.32 Å². The van der Waals surface area contributed by atoms with Gasteiger partial charge in [-0.1, -0.05) is 58.9 Å². The maximum Gasteiger partial charge on any atom is 0.219 e. The molecule has 0 aromatic carbocycles. The molecule has 6 heteroatoms. The van der Waals surface area contributed by atoms with Crippen molar-refractivity contribution in [1.82, 2.24) is 4.31 Å². The summed E-state index contributed by atoms with van der Waals surface area (Å²) in [5.74, 6) is 0.432. The van der Waals surface area contributed by atoms with Crippen LogP contribution in [0.5, 0.6) is 0 Å². The van der Waals surface area contributed by atoms with Crippen LogP contribution < -0.4 is 0 Å². The van der Waals surface area contributed by atoms with Crippen molar-refractivity contribution in [3.8, 4) is 0 Å². The molecule has 164 valence electrons. The van der Waals surface area contributed by atoms with Crippen LogP contribution in [0.2, 0.25) is 18.1 Å². The molecule has 0 bridgehead atoms. The topological polar surface area (TPSA) is 46.6 Å². The molecular formula is C22H43NO3SSi. The molecule has 4 nitrogen and oxygen atoms in total. The quantitative estimate of drug-likeness (QED) is 0.422. The summed E-state index contributed by atoms with van der Waals surface area (Å²) in [5.41, 5.74) is 0. The second-order valence-corrected chi connectivity index (χ2v) is 18.2. The van der Waals surface area contributed by atoms with E-state index in [0.29, 0.717) is 19.1 Å². The largest absolute Gasteiger partial charge is 0.415 e. The number of allylic oxidation sites excluding steroid dienone is 2. The van der Waals surface area contributed by atoms with E-state index in [0.717, 1.165) is 6.42 Å². The summed E-state index contributed by atoms with van der Waals surface area (Å²) < 4.78 is 34.4. The van der Waals surface area contributed by atoms with Gasteiger partial charge in [0.05, 0.1) is 17.4 Å². The van der Waals surface area contributed by atoms with E-state index in [1.807, 2.05) is 6.08 Å². The lowest BCUT2D eigenvalue weighted by atomic mass is 9.88. The highest BCUT2D eigenvalue weighted by atomic mass is 32.2. The summed E-state index contributed by atoms with van der Waals surface area (Å²) >= 11 is 0. The van der Waals surface area contributed by atoms with Crippen molar-refractivity contribution in [3.05, 3.63) is 24.3 Å². The lowest BCUT2D eigenvalue weighted by molar-refractivity contribution is 0.146. The summed E-state index contributed by atoms with van der Waals surface area (Å²) in [6, 6.07) is -0.211. The van der Waals surface area contributed by atoms with Crippen LogP contribution in [0.25, 0.3) is 0 Å². The van der Waals surface area contributed by atoms with E-state index in [1.54, 1.807) is 25.1 Å². The molecule has 0 aliphatic carbocycles. The van der Waals surface area contributed by atoms with Crippen LogP contribution >= 0.6 is 0 Å². The molecule has 0 radical (unpaired) electrons. The lowest BCUT2D eigenvalue weighted by Crippen LogP contribution is -2.55. The van der Waals surface area contributed by atoms with Gasteiger partial charge in [-0.05, 0) is 57.2 Å². The molecule has 0 fully saturated rings. The molecule has 0 spiro atoms. The van der Waals surface area contributed by atoms with Crippen molar-refractivity contribution in [2.24, 2.45) is 11.8 Å². The maximum absolute atomic E-state index is 13.5. The Morgan fingerprint density at radius 3 is 2.11 bits per heavy atom. The average Bonchev–Trinajstić information content (AvgIpc) is 2.60. The third kappa shape index (κ3) is 6.03. The van der Waals surface area contributed by atoms with E-state index in [9.17, 15) is 8.42 Å². The van der Waals surface area contributed by atoms with Gasteiger partial charge in [0.1, 0.15) is 0 Å². The number of rotatable bonds is 5. The molecule has 0 aromatic rings. The molecule has 0 amide bonds. The van der Waals surface area contributed by atoms with Gasteiger partial charge in [0.25, 0.3) is 0 Å². The number of hydrogen-bond acceptors (Lipinski definition) is 3. The Morgan fingerprint density at radius 1 is 1.07 bits per heavy atom. The second-order valence-electron chi connectivity index (χ2n) is 10.8. The Balaban J connectivity index is 3.42. The molecule has 0 aromatic heterocycles. The van der Waals surface area contributed by atoms with Crippen LogP contribution in [-0.2, 0) is 14.4 Å². The fourth-order valence-electron chi connectivity index (χ4n) is 3.04. The van der Waals surface area contributed by atoms with Crippen molar-refractivity contribution in [2.45, 2.75) is 90.7 Å². The van der Waals surface area contributed by atoms with Crippen molar-refractivity contribution in [1.29, 1.82) is 0 Å². The van der Waals surface area contributed by atoms with Gasteiger partial charge in [-0.3, -0.25) is 0 Å². The third-order valence-electron chi connectivity index (χ3n) is 6.17. The monoisotopic (exact) mass is 429 g/mol. The minimum Gasteiger partial charge on any atom is -0.415 e. The van der Waals surface area contributed by atoms with Crippen LogP contribution in [0.15, 0.2) is 24.3 Å². The van der Waals surface area contributed by atoms with Crippen LogP contribution in [0.3, 0.4) is 0 Å². The molecule has 1 aliphatic heterocycles. The molecule has 0 N–H and O–H groups in total. The fraction of sp³-hybridized carbons (Fsp3) is 0.818. The first-order valence-electron chi connectivity index (χ1n) is 10.5. The van der Waals surface area contributed by atoms with Crippen LogP contribution in [0, 0.1) is 11.8 Å². The Bertz CT molecular complexity index is 667. The van der Waals surface area contributed by atoms with Crippen molar-refractivity contribution < 1.29 is 12.8 Å². The number of nitrogens with zero attached hydrogens (tertiary/aromatic N) is 1. The molecule has 1 aliphatic rings. The molecule has 0 saturated carbocycles. The summed E-state index contributed by atoms with van der Waals surface area (Å²) in [5, 5.41) is 0.0856. The zero-order valence-corrected chi connectivity index (χ0v) is 21.6. The Morgan fingerprint density at radius 2 is 1.64 bits per heavy atom. The summed E-state index contributed by atoms with van der Waals surface area (Å²) in [6.45, 7) is 21.6. The van der Waals surface area contributed by atoms with Crippen molar-refractivity contribution in [3.63, 3.8) is 0 Å². The Kier molecular flexibility index (Phi) is 8.37. The summed E-state index contributed by atoms with van der Waals surface area (Å²) in [4.78, 5) is 0. The van der Waals surface area contributed by atoms with Crippen LogP contribution in [0.4, 0.5) is 0 Å². The zero-order valence-electron chi connectivity index (χ0n) is 19.7. The predicted octanol–water partition coefficient (Wildman–Crippen LogP) is 5.60. The van der Waals surface area contributed by atoms with Crippen molar-refractivity contribution >= 4 is 18.3 Å². The predicted molar refractivity (Wildman–Crippen MR) is 124 cm³/mol. The van der Waals surface area contributed by atoms with E-state index >= 15 is 0 Å². The van der Waals surface area contributed by atoms with E-state index in [-0.39, 0.29) is 17.0 Å². The first-order valence-corrected chi connectivity index (χ1v) is 14.8. The fourth-order valence-corrected chi connectivity index (χ4v) is 5.61. The second kappa shape index (κ2) is 9.15. The molecule has 2 atom stereocenters. The maximum atomic E-state index is 13.5. The highest BCUT2D eigenvalue weighted by molar-refractivity contribution is 7.90. The molecule has 1 heterocycles. The van der Waals surface area contributed by atoms with Gasteiger partial charge in [0.2, 0.25) is 10.0 Å². The van der Waals surface area contributed by atoms with Gasteiger partial charge in [-0.15, -0.1) is 0 Å². The molecule has 0 saturated heterocycles. The van der Waals surface area contributed by atoms with Gasteiger partial charge in [0, 0.05) is 6.54 Å². The van der Waals surface area contributed by atoms with Gasteiger partial charge < -0.3 is 4.43 Å². The molecular weight excluding hydrogens is 386 g/mol. The van der Waals surface area contributed by atoms with E-state index in [2.05, 4.69) is 65.9 Å². The van der Waals surface area contributed by atoms with E-state index < -0.39 is 23.1 Å². The summed E-state index contributed by atoms with van der Waals surface area (Å²) in [6.07, 6.45) is 9.23. The van der Waals surface area contributed by atoms with Gasteiger partial charge in [-0.25, -0.2) is 8.42 Å². The number of sulfonamides is 1. The average molecular weight is 430 g/mol. The lowest BCUT2D eigenvalue weighted by Gasteiger charge is -2.43. The summed E-state index contributed by atoms with van der Waals surface area (Å²) in [7, 11) is -5.48. The van der Waals surface area contributed by atoms with Crippen molar-refractivity contribution in [2.75, 3.05) is 13.2 Å². The first kappa shape index (κ1) is 25.6. The number of hydrogen-bond donors (Lipinski definition) is 0. The standard InChI is InChI=1S/C22H43NO3SSi/c1-18(2)19-15-13-11-12-14-16-23(27(24,25)21(3,4)5)20(19)17-26-28(9,10)22(6,7)8/h12-15,18-20H,11,16-17H2,1-10H3/b14-12-,15-13-/t19-,20+/m0/s1. The first-order chi connectivity index (χ1) is 12.5. The smallest absolute Gasteiger partial charge is 0.219 e. The molecule has 0 unspecified atom stereocenters. The third-order valence-corrected chi connectivity index (χ3v) is 13.3. The highest BCUT2D eigenvalue weighted by Crippen LogP contribution is 2.38. The zero-order chi connectivity index (χ0) is 22.0. The highest BCUT2D eigenvalue weighted by Gasteiger charge is 2.44. The molecule has 1 rings (SSSR count). The minimum atomic E-state index is -3.49. The normalized spacial score (nSPS) is 25.8.